The third kappa shape index (κ3) is 14.1. The number of carbonyl (C=O) groups is 2. The van der Waals surface area contributed by atoms with Gasteiger partial charge in [-0.2, -0.15) is 0 Å². The number of carboxylic acids is 1. The predicted molar refractivity (Wildman–Crippen MR) is 92.1 cm³/mol. The van der Waals surface area contributed by atoms with Gasteiger partial charge in [0.2, 0.25) is 0 Å². The lowest BCUT2D eigenvalue weighted by atomic mass is 9.92. The van der Waals surface area contributed by atoms with Crippen molar-refractivity contribution in [3.63, 3.8) is 0 Å². The largest absolute Gasteiger partial charge is 0.481 e. The lowest BCUT2D eigenvalue weighted by molar-refractivity contribution is -0.137. The molecular formula is C19H36O3. The minimum absolute atomic E-state index is 0.315. The highest BCUT2D eigenvalue weighted by atomic mass is 16.4. The average molecular weight is 312 g/mol. The fourth-order valence-corrected chi connectivity index (χ4v) is 2.92. The van der Waals surface area contributed by atoms with Crippen LogP contribution in [-0.2, 0) is 9.59 Å². The van der Waals surface area contributed by atoms with Gasteiger partial charge < -0.3 is 5.11 Å². The topological polar surface area (TPSA) is 54.4 Å². The molecule has 1 N–H and O–H groups in total. The van der Waals surface area contributed by atoms with Gasteiger partial charge in [0, 0.05) is 19.3 Å². The van der Waals surface area contributed by atoms with E-state index in [4.69, 9.17) is 5.11 Å². The quantitative estimate of drug-likeness (QED) is 0.369. The van der Waals surface area contributed by atoms with Gasteiger partial charge in [-0.05, 0) is 18.8 Å². The van der Waals surface area contributed by atoms with Crippen molar-refractivity contribution in [3.05, 3.63) is 0 Å². The summed E-state index contributed by atoms with van der Waals surface area (Å²) in [6.45, 7) is 4.27. The minimum Gasteiger partial charge on any atom is -0.481 e. The highest BCUT2D eigenvalue weighted by Crippen LogP contribution is 2.19. The molecule has 3 nitrogen and oxygen atoms in total. The summed E-state index contributed by atoms with van der Waals surface area (Å²) in [4.78, 5) is 22.0. The van der Waals surface area contributed by atoms with Gasteiger partial charge in [0.25, 0.3) is 0 Å². The molecule has 3 heteroatoms. The zero-order valence-electron chi connectivity index (χ0n) is 14.7. The maximum atomic E-state index is 11.7. The number of ketones is 1. The molecule has 0 rings (SSSR count). The van der Waals surface area contributed by atoms with Gasteiger partial charge in [-0.1, -0.05) is 71.6 Å². The van der Waals surface area contributed by atoms with Gasteiger partial charge in [-0.15, -0.1) is 0 Å². The van der Waals surface area contributed by atoms with Crippen LogP contribution in [0, 0.1) is 5.92 Å². The van der Waals surface area contributed by atoms with Crippen LogP contribution in [0.15, 0.2) is 0 Å². The van der Waals surface area contributed by atoms with E-state index in [1.165, 1.54) is 38.5 Å². The van der Waals surface area contributed by atoms with E-state index in [0.717, 1.165) is 44.9 Å². The van der Waals surface area contributed by atoms with Gasteiger partial charge in [0.05, 0.1) is 0 Å². The molecule has 0 aromatic heterocycles. The maximum Gasteiger partial charge on any atom is 0.303 e. The van der Waals surface area contributed by atoms with E-state index in [9.17, 15) is 9.59 Å². The number of rotatable bonds is 16. The summed E-state index contributed by atoms with van der Waals surface area (Å²) in [7, 11) is 0. The van der Waals surface area contributed by atoms with Crippen LogP contribution in [-0.4, -0.2) is 16.9 Å². The number of hydrogen-bond donors (Lipinski definition) is 1. The number of aliphatic carboxylic acids is 1. The zero-order chi connectivity index (χ0) is 16.6. The van der Waals surface area contributed by atoms with Crippen LogP contribution in [0.1, 0.15) is 104 Å². The number of carbonyl (C=O) groups excluding carboxylic acids is 1. The van der Waals surface area contributed by atoms with E-state index >= 15 is 0 Å². The fraction of sp³-hybridized carbons (Fsp3) is 0.895. The van der Waals surface area contributed by atoms with Gasteiger partial charge in [-0.3, -0.25) is 9.59 Å². The predicted octanol–water partition coefficient (Wildman–Crippen LogP) is 5.76. The van der Waals surface area contributed by atoms with Crippen molar-refractivity contribution in [2.75, 3.05) is 0 Å². The second-order valence-electron chi connectivity index (χ2n) is 6.53. The Kier molecular flexibility index (Phi) is 14.5. The molecule has 0 aromatic rings. The Morgan fingerprint density at radius 1 is 0.818 bits per heavy atom. The van der Waals surface area contributed by atoms with Gasteiger partial charge in [0.15, 0.2) is 0 Å². The number of carboxylic acid groups (broad SMARTS) is 1. The smallest absolute Gasteiger partial charge is 0.303 e. The Morgan fingerprint density at radius 3 is 1.86 bits per heavy atom. The summed E-state index contributed by atoms with van der Waals surface area (Å²) in [5.74, 6) is 0.355. The minimum atomic E-state index is -0.678. The van der Waals surface area contributed by atoms with Crippen LogP contribution in [0.25, 0.3) is 0 Å². The second-order valence-corrected chi connectivity index (χ2v) is 6.53. The summed E-state index contributed by atoms with van der Waals surface area (Å²) in [6.07, 6.45) is 14.5. The van der Waals surface area contributed by atoms with Crippen LogP contribution in [0.4, 0.5) is 0 Å². The Morgan fingerprint density at radius 2 is 1.36 bits per heavy atom. The van der Waals surface area contributed by atoms with Gasteiger partial charge in [-0.25, -0.2) is 0 Å². The zero-order valence-corrected chi connectivity index (χ0v) is 14.7. The molecule has 0 amide bonds. The highest BCUT2D eigenvalue weighted by molar-refractivity contribution is 5.78. The monoisotopic (exact) mass is 312 g/mol. The van der Waals surface area contributed by atoms with Crippen molar-refractivity contribution in [1.82, 2.24) is 0 Å². The lowest BCUT2D eigenvalue weighted by Crippen LogP contribution is -2.07. The summed E-state index contributed by atoms with van der Waals surface area (Å²) in [5.41, 5.74) is 0. The molecule has 0 aromatic carbocycles. The molecular weight excluding hydrogens is 276 g/mol. The van der Waals surface area contributed by atoms with E-state index in [0.29, 0.717) is 18.1 Å². The second kappa shape index (κ2) is 15.1. The first-order valence-corrected chi connectivity index (χ1v) is 9.33. The van der Waals surface area contributed by atoms with E-state index in [2.05, 4.69) is 13.8 Å². The molecule has 0 fully saturated rings. The third-order valence-corrected chi connectivity index (χ3v) is 4.38. The fourth-order valence-electron chi connectivity index (χ4n) is 2.92. The van der Waals surface area contributed by atoms with Crippen molar-refractivity contribution >= 4 is 11.8 Å². The van der Waals surface area contributed by atoms with Crippen molar-refractivity contribution in [2.45, 2.75) is 104 Å². The normalized spacial score (nSPS) is 12.3. The molecule has 0 spiro atoms. The Bertz CT molecular complexity index is 286. The molecule has 0 radical (unpaired) electrons. The molecule has 130 valence electrons. The van der Waals surface area contributed by atoms with E-state index in [1.807, 2.05) is 0 Å². The first-order valence-electron chi connectivity index (χ1n) is 9.33. The molecule has 0 aliphatic heterocycles. The third-order valence-electron chi connectivity index (χ3n) is 4.38. The Hall–Kier alpha value is -0.860. The van der Waals surface area contributed by atoms with E-state index < -0.39 is 5.97 Å². The molecule has 0 aliphatic carbocycles. The van der Waals surface area contributed by atoms with Crippen LogP contribution in [0.2, 0.25) is 0 Å². The molecule has 22 heavy (non-hydrogen) atoms. The van der Waals surface area contributed by atoms with Crippen molar-refractivity contribution in [3.8, 4) is 0 Å². The SMILES string of the molecule is CCCC(=O)CC(CC)CCCCCCCCCCC(=O)O. The van der Waals surface area contributed by atoms with Crippen LogP contribution in [0.3, 0.4) is 0 Å². The van der Waals surface area contributed by atoms with Gasteiger partial charge >= 0.3 is 5.97 Å². The molecule has 0 saturated heterocycles. The van der Waals surface area contributed by atoms with Crippen molar-refractivity contribution in [2.24, 2.45) is 5.92 Å². The van der Waals surface area contributed by atoms with Gasteiger partial charge in [0.1, 0.15) is 5.78 Å². The maximum absolute atomic E-state index is 11.7. The summed E-state index contributed by atoms with van der Waals surface area (Å²) in [5, 5.41) is 8.54. The Labute approximate surface area is 136 Å². The molecule has 0 bridgehead atoms. The summed E-state index contributed by atoms with van der Waals surface area (Å²) in [6, 6.07) is 0. The summed E-state index contributed by atoms with van der Waals surface area (Å²) < 4.78 is 0. The van der Waals surface area contributed by atoms with Crippen LogP contribution >= 0.6 is 0 Å². The van der Waals surface area contributed by atoms with Crippen LogP contribution < -0.4 is 0 Å². The summed E-state index contributed by atoms with van der Waals surface area (Å²) >= 11 is 0. The molecule has 0 heterocycles. The van der Waals surface area contributed by atoms with Crippen molar-refractivity contribution in [1.29, 1.82) is 0 Å². The first kappa shape index (κ1) is 21.1. The van der Waals surface area contributed by atoms with E-state index in [1.54, 1.807) is 0 Å². The molecule has 0 saturated carbocycles. The lowest BCUT2D eigenvalue weighted by Gasteiger charge is -2.13. The highest BCUT2D eigenvalue weighted by Gasteiger charge is 2.11. The first-order chi connectivity index (χ1) is 10.6. The standard InChI is InChI=1S/C19H36O3/c1-3-13-18(20)16-17(4-2)14-11-9-7-5-6-8-10-12-15-19(21)22/h17H,3-16H2,1-2H3,(H,21,22). The number of unbranched alkanes of at least 4 members (excludes halogenated alkanes) is 7. The van der Waals surface area contributed by atoms with Crippen LogP contribution in [0.5, 0.6) is 0 Å². The number of hydrogen-bond acceptors (Lipinski definition) is 2. The molecule has 0 aliphatic rings. The van der Waals surface area contributed by atoms with E-state index in [-0.39, 0.29) is 0 Å². The Balaban J connectivity index is 3.39. The number of Topliss-reactive ketones (excluding diaryl/α,β-unsaturated/α-hetero) is 1. The molecule has 1 unspecified atom stereocenters. The molecule has 1 atom stereocenters. The van der Waals surface area contributed by atoms with Crippen molar-refractivity contribution < 1.29 is 14.7 Å². The average Bonchev–Trinajstić information content (AvgIpc) is 2.47.